The van der Waals surface area contributed by atoms with Crippen molar-refractivity contribution in [2.75, 3.05) is 0 Å². The van der Waals surface area contributed by atoms with E-state index in [4.69, 9.17) is 5.26 Å². The topological polar surface area (TPSA) is 40.9 Å². The second kappa shape index (κ2) is 5.66. The molecular formula is C14H7F4NOS. The van der Waals surface area contributed by atoms with Crippen LogP contribution in [0.2, 0.25) is 0 Å². The highest BCUT2D eigenvalue weighted by molar-refractivity contribution is 7.10. The predicted molar refractivity (Wildman–Crippen MR) is 68.4 cm³/mol. The van der Waals surface area contributed by atoms with Crippen LogP contribution in [-0.2, 0) is 6.18 Å². The zero-order valence-corrected chi connectivity index (χ0v) is 11.1. The number of thiophene rings is 1. The van der Waals surface area contributed by atoms with Crippen molar-refractivity contribution >= 4 is 17.1 Å². The fourth-order valence-corrected chi connectivity index (χ4v) is 2.54. The number of carbonyl (C=O) groups is 1. The highest BCUT2D eigenvalue weighted by Crippen LogP contribution is 2.33. The van der Waals surface area contributed by atoms with Crippen molar-refractivity contribution in [3.63, 3.8) is 0 Å². The lowest BCUT2D eigenvalue weighted by Crippen LogP contribution is -2.14. The van der Waals surface area contributed by atoms with E-state index in [1.54, 1.807) is 23.6 Å². The Morgan fingerprint density at radius 1 is 1.29 bits per heavy atom. The van der Waals surface area contributed by atoms with Gasteiger partial charge in [0.25, 0.3) is 0 Å². The molecule has 7 heteroatoms. The minimum absolute atomic E-state index is 0.344. The van der Waals surface area contributed by atoms with E-state index in [9.17, 15) is 22.4 Å². The van der Waals surface area contributed by atoms with Crippen molar-refractivity contribution in [1.82, 2.24) is 0 Å². The summed E-state index contributed by atoms with van der Waals surface area (Å²) in [4.78, 5) is 12.6. The smallest absolute Gasteiger partial charge is 0.292 e. The van der Waals surface area contributed by atoms with Gasteiger partial charge in [-0.1, -0.05) is 6.07 Å². The largest absolute Gasteiger partial charge is 0.419 e. The maximum absolute atomic E-state index is 13.2. The van der Waals surface area contributed by atoms with Crippen LogP contribution < -0.4 is 0 Å². The lowest BCUT2D eigenvalue weighted by molar-refractivity contribution is -0.140. The second-order valence-corrected chi connectivity index (χ2v) is 5.11. The summed E-state index contributed by atoms with van der Waals surface area (Å²) in [5, 5.41) is 10.7. The minimum atomic E-state index is -4.90. The van der Waals surface area contributed by atoms with E-state index in [0.29, 0.717) is 17.0 Å². The molecule has 0 radical (unpaired) electrons. The number of ketones is 1. The van der Waals surface area contributed by atoms with Crippen LogP contribution in [0.4, 0.5) is 17.6 Å². The number of nitrogens with zero attached hydrogens (tertiary/aromatic N) is 1. The van der Waals surface area contributed by atoms with Crippen LogP contribution in [0.25, 0.3) is 0 Å². The molecule has 1 atom stereocenters. The number of rotatable bonds is 3. The normalized spacial score (nSPS) is 12.7. The molecule has 2 rings (SSSR count). The van der Waals surface area contributed by atoms with Gasteiger partial charge in [-0.25, -0.2) is 4.39 Å². The Balaban J connectivity index is 2.43. The molecular weight excluding hydrogens is 306 g/mol. The number of Topliss-reactive ketones (excluding diaryl/α,β-unsaturated/α-hetero) is 1. The van der Waals surface area contributed by atoms with Gasteiger partial charge in [-0.05, 0) is 29.6 Å². The lowest BCUT2D eigenvalue weighted by atomic mass is 9.96. The third kappa shape index (κ3) is 3.11. The summed E-state index contributed by atoms with van der Waals surface area (Å²) >= 11 is 1.15. The second-order valence-electron chi connectivity index (χ2n) is 4.13. The average Bonchev–Trinajstić information content (AvgIpc) is 2.92. The Morgan fingerprint density at radius 3 is 2.52 bits per heavy atom. The van der Waals surface area contributed by atoms with Crippen LogP contribution in [0.5, 0.6) is 0 Å². The molecule has 0 aliphatic heterocycles. The Labute approximate surface area is 121 Å². The number of alkyl halides is 3. The summed E-state index contributed by atoms with van der Waals surface area (Å²) < 4.78 is 51.1. The number of carbonyl (C=O) groups excluding carboxylic acids is 1. The Morgan fingerprint density at radius 2 is 2.00 bits per heavy atom. The molecule has 0 amide bonds. The summed E-state index contributed by atoms with van der Waals surface area (Å²) in [5.41, 5.74) is -1.86. The Hall–Kier alpha value is -2.20. The Kier molecular flexibility index (Phi) is 4.09. The van der Waals surface area contributed by atoms with Gasteiger partial charge >= 0.3 is 6.18 Å². The van der Waals surface area contributed by atoms with E-state index < -0.39 is 29.3 Å². The van der Waals surface area contributed by atoms with Crippen molar-refractivity contribution < 1.29 is 22.4 Å². The standard InChI is InChI=1S/C14H7F4NOS/c15-11-4-3-8(6-10(11)14(16,17)18)13(20)9(7-19)12-2-1-5-21-12/h1-6,9H. The highest BCUT2D eigenvalue weighted by atomic mass is 32.1. The van der Waals surface area contributed by atoms with Gasteiger partial charge in [0.2, 0.25) is 0 Å². The molecule has 1 unspecified atom stereocenters. The number of hydrogen-bond acceptors (Lipinski definition) is 3. The number of halogens is 4. The van der Waals surface area contributed by atoms with E-state index in [2.05, 4.69) is 0 Å². The summed E-state index contributed by atoms with van der Waals surface area (Å²) in [6.45, 7) is 0. The number of hydrogen-bond donors (Lipinski definition) is 0. The molecule has 0 N–H and O–H groups in total. The average molecular weight is 313 g/mol. The van der Waals surface area contributed by atoms with E-state index in [0.717, 1.165) is 17.4 Å². The van der Waals surface area contributed by atoms with Gasteiger partial charge in [0.05, 0.1) is 11.6 Å². The molecule has 1 aromatic carbocycles. The molecule has 2 aromatic rings. The predicted octanol–water partition coefficient (Wildman–Crippen LogP) is 4.40. The first kappa shape index (κ1) is 15.2. The Bertz CT molecular complexity index is 701. The van der Waals surface area contributed by atoms with Gasteiger partial charge in [0.1, 0.15) is 11.7 Å². The number of nitriles is 1. The fourth-order valence-electron chi connectivity index (χ4n) is 1.77. The van der Waals surface area contributed by atoms with Crippen LogP contribution in [0.1, 0.15) is 26.7 Å². The highest BCUT2D eigenvalue weighted by Gasteiger charge is 2.35. The molecule has 108 valence electrons. The summed E-state index contributed by atoms with van der Waals surface area (Å²) in [6.07, 6.45) is -4.90. The van der Waals surface area contributed by atoms with Gasteiger partial charge < -0.3 is 0 Å². The van der Waals surface area contributed by atoms with Gasteiger partial charge in [-0.2, -0.15) is 18.4 Å². The first-order valence-electron chi connectivity index (χ1n) is 5.68. The van der Waals surface area contributed by atoms with Crippen LogP contribution in [0, 0.1) is 17.1 Å². The molecule has 0 bridgehead atoms. The maximum Gasteiger partial charge on any atom is 0.419 e. The third-order valence-corrected chi connectivity index (χ3v) is 3.71. The SMILES string of the molecule is N#CC(C(=O)c1ccc(F)c(C(F)(F)F)c1)c1cccs1. The fraction of sp³-hybridized carbons (Fsp3) is 0.143. The van der Waals surface area contributed by atoms with Gasteiger partial charge in [0.15, 0.2) is 5.78 Å². The molecule has 1 aromatic heterocycles. The molecule has 21 heavy (non-hydrogen) atoms. The molecule has 0 aliphatic rings. The van der Waals surface area contributed by atoms with E-state index >= 15 is 0 Å². The maximum atomic E-state index is 13.2. The van der Waals surface area contributed by atoms with E-state index in [1.807, 2.05) is 0 Å². The first-order chi connectivity index (χ1) is 9.84. The summed E-state index contributed by atoms with van der Waals surface area (Å²) in [5.74, 6) is -3.44. The van der Waals surface area contributed by atoms with E-state index in [1.165, 1.54) is 0 Å². The van der Waals surface area contributed by atoms with Gasteiger partial charge in [-0.3, -0.25) is 4.79 Å². The lowest BCUT2D eigenvalue weighted by Gasteiger charge is -2.11. The van der Waals surface area contributed by atoms with Gasteiger partial charge in [-0.15, -0.1) is 11.3 Å². The number of benzene rings is 1. The van der Waals surface area contributed by atoms with Crippen LogP contribution in [0.15, 0.2) is 35.7 Å². The van der Waals surface area contributed by atoms with Crippen molar-refractivity contribution in [3.05, 3.63) is 57.5 Å². The zero-order valence-electron chi connectivity index (χ0n) is 10.3. The van der Waals surface area contributed by atoms with Crippen molar-refractivity contribution in [2.45, 2.75) is 12.1 Å². The minimum Gasteiger partial charge on any atom is -0.292 e. The van der Waals surface area contributed by atoms with Crippen molar-refractivity contribution in [1.29, 1.82) is 5.26 Å². The first-order valence-corrected chi connectivity index (χ1v) is 6.56. The van der Waals surface area contributed by atoms with Crippen molar-refractivity contribution in [3.8, 4) is 6.07 Å². The van der Waals surface area contributed by atoms with E-state index in [-0.39, 0.29) is 5.56 Å². The molecule has 0 saturated carbocycles. The zero-order chi connectivity index (χ0) is 15.6. The third-order valence-electron chi connectivity index (χ3n) is 2.78. The van der Waals surface area contributed by atoms with Gasteiger partial charge in [0, 0.05) is 10.4 Å². The molecule has 0 aliphatic carbocycles. The summed E-state index contributed by atoms with van der Waals surface area (Å²) in [7, 11) is 0. The van der Waals surface area contributed by atoms with Crippen LogP contribution in [-0.4, -0.2) is 5.78 Å². The summed E-state index contributed by atoms with van der Waals surface area (Å²) in [6, 6.07) is 6.91. The monoisotopic (exact) mass is 313 g/mol. The molecule has 1 heterocycles. The quantitative estimate of drug-likeness (QED) is 0.622. The van der Waals surface area contributed by atoms with Crippen LogP contribution >= 0.6 is 11.3 Å². The molecule has 2 nitrogen and oxygen atoms in total. The van der Waals surface area contributed by atoms with Crippen molar-refractivity contribution in [2.24, 2.45) is 0 Å². The molecule has 0 spiro atoms. The van der Waals surface area contributed by atoms with Crippen LogP contribution in [0.3, 0.4) is 0 Å². The molecule has 0 fully saturated rings. The molecule has 0 saturated heterocycles.